The molecule has 0 N–H and O–H groups in total. The van der Waals surface area contributed by atoms with Gasteiger partial charge in [-0.1, -0.05) is 12.8 Å². The molecule has 0 radical (unpaired) electrons. The molecule has 0 unspecified atom stereocenters. The van der Waals surface area contributed by atoms with Gasteiger partial charge in [-0.25, -0.2) is 0 Å². The second-order valence-corrected chi connectivity index (χ2v) is 13.5. The number of hydrogen-bond acceptors (Lipinski definition) is 0. The lowest BCUT2D eigenvalue weighted by Gasteiger charge is -2.44. The van der Waals surface area contributed by atoms with Gasteiger partial charge >= 0.3 is 119 Å². The van der Waals surface area contributed by atoms with E-state index in [1.165, 1.54) is 0 Å². The molecule has 410 valence electrons. The van der Waals surface area contributed by atoms with Crippen molar-refractivity contribution in [2.24, 2.45) is 0 Å². The first-order valence-corrected chi connectivity index (χ1v) is 15.6. The Kier molecular flexibility index (Phi) is 16.1. The average Bonchev–Trinajstić information content (AvgIpc) is 3.10. The molecule has 0 heterocycles. The largest absolute Gasteiger partial charge is 0.460 e. The summed E-state index contributed by atoms with van der Waals surface area (Å²) < 4.78 is 564. The molecule has 0 aliphatic carbocycles. The van der Waals surface area contributed by atoms with Crippen LogP contribution in [0, 0.1) is 0 Å². The van der Waals surface area contributed by atoms with E-state index in [-0.39, 0.29) is 0 Å². The normalized spacial score (nSPS) is 17.0. The van der Waals surface area contributed by atoms with Crippen LogP contribution in [0.3, 0.4) is 0 Å². The van der Waals surface area contributed by atoms with Crippen molar-refractivity contribution in [1.82, 2.24) is 0 Å². The van der Waals surface area contributed by atoms with Crippen LogP contribution in [0.2, 0.25) is 0 Å². The van der Waals surface area contributed by atoms with E-state index in [0.717, 1.165) is 0 Å². The Morgan fingerprint density at radius 3 is 0.382 bits per heavy atom. The molecule has 0 aromatic carbocycles. The van der Waals surface area contributed by atoms with Gasteiger partial charge in [0.25, 0.3) is 0 Å². The molecule has 0 bridgehead atoms. The molecule has 0 spiro atoms. The fraction of sp³-hybridized carbons (Fsp3) is 1.00. The van der Waals surface area contributed by atoms with Crippen LogP contribution < -0.4 is 0 Å². The summed E-state index contributed by atoms with van der Waals surface area (Å²) in [5.41, 5.74) is 0. The first-order valence-electron chi connectivity index (χ1n) is 15.6. The van der Waals surface area contributed by atoms with E-state index in [1.54, 1.807) is 0 Å². The summed E-state index contributed by atoms with van der Waals surface area (Å²) in [4.78, 5) is 0. The van der Waals surface area contributed by atoms with Crippen molar-refractivity contribution >= 4 is 0 Å². The van der Waals surface area contributed by atoms with E-state index >= 15 is 0 Å². The Morgan fingerprint density at radius 2 is 0.250 bits per heavy atom. The standard InChI is InChI=1S/C26H12F42/c27-7(28,9(31,32)11(35,36)13(39,40)15(43,44)17(47,48)19(51,52)21(55,56)23(59,60)25(63,64)65)5-3-1-2-4-6-8(29,30)10(33,34)12(37,38)14(41,42)16(45,46)18(49,50)20(53,54)22(57,58)24(61,62)26(66,67)68/h1-6H2. The van der Waals surface area contributed by atoms with Crippen LogP contribution in [0.15, 0.2) is 0 Å². The molecular weight excluding hydrogens is 1110 g/mol. The third-order valence-corrected chi connectivity index (χ3v) is 8.88. The second-order valence-electron chi connectivity index (χ2n) is 13.5. The van der Waals surface area contributed by atoms with E-state index in [0.29, 0.717) is 0 Å². The highest BCUT2D eigenvalue weighted by molar-refractivity contribution is 5.19. The highest BCUT2D eigenvalue weighted by Crippen LogP contribution is 2.69. The van der Waals surface area contributed by atoms with E-state index in [2.05, 4.69) is 0 Å². The van der Waals surface area contributed by atoms with Crippen LogP contribution in [0.1, 0.15) is 38.5 Å². The van der Waals surface area contributed by atoms with Gasteiger partial charge in [0.15, 0.2) is 0 Å². The van der Waals surface area contributed by atoms with E-state index in [1.807, 2.05) is 0 Å². The predicted molar refractivity (Wildman–Crippen MR) is 129 cm³/mol. The molecule has 0 aromatic heterocycles. The first kappa shape index (κ1) is 65.1. The van der Waals surface area contributed by atoms with E-state index in [4.69, 9.17) is 0 Å². The Labute approximate surface area is 343 Å². The molecule has 42 heteroatoms. The smallest absolute Gasteiger partial charge is 0.200 e. The molecule has 0 aliphatic heterocycles. The summed E-state index contributed by atoms with van der Waals surface area (Å²) in [6, 6.07) is 0. The molecule has 0 aromatic rings. The lowest BCUT2D eigenvalue weighted by molar-refractivity contribution is -0.474. The Bertz CT molecular complexity index is 1610. The maximum Gasteiger partial charge on any atom is 0.460 e. The minimum absolute atomic E-state index is 1.97. The van der Waals surface area contributed by atoms with Crippen LogP contribution in [0.4, 0.5) is 184 Å². The molecule has 0 rings (SSSR count). The topological polar surface area (TPSA) is 0 Å². The van der Waals surface area contributed by atoms with Gasteiger partial charge in [-0.05, 0) is 12.8 Å². The zero-order chi connectivity index (χ0) is 56.2. The van der Waals surface area contributed by atoms with Crippen molar-refractivity contribution in [3.05, 3.63) is 0 Å². The molecule has 0 amide bonds. The van der Waals surface area contributed by atoms with Gasteiger partial charge in [0.1, 0.15) is 0 Å². The van der Waals surface area contributed by atoms with Crippen molar-refractivity contribution in [2.45, 2.75) is 157 Å². The highest BCUT2D eigenvalue weighted by Gasteiger charge is 3.00. The summed E-state index contributed by atoms with van der Waals surface area (Å²) >= 11 is 0. The molecule has 0 saturated heterocycles. The van der Waals surface area contributed by atoms with E-state index < -0.39 is 157 Å². The van der Waals surface area contributed by atoms with Crippen LogP contribution >= 0.6 is 0 Å². The molecule has 0 nitrogen and oxygen atoms in total. The average molecular weight is 1120 g/mol. The van der Waals surface area contributed by atoms with Gasteiger partial charge in [-0.15, -0.1) is 0 Å². The molecule has 0 saturated carbocycles. The van der Waals surface area contributed by atoms with Crippen LogP contribution in [0.25, 0.3) is 0 Å². The lowest BCUT2D eigenvalue weighted by atomic mass is 9.85. The van der Waals surface area contributed by atoms with Gasteiger partial charge in [0.2, 0.25) is 0 Å². The zero-order valence-electron chi connectivity index (χ0n) is 30.1. The van der Waals surface area contributed by atoms with Crippen molar-refractivity contribution in [3.8, 4) is 0 Å². The SMILES string of the molecule is FC(F)(F)C(F)(F)C(F)(F)C(F)(F)C(F)(F)C(F)(F)C(F)(F)C(F)(F)C(F)(F)C(F)(F)CCCCCCC(F)(F)C(F)(F)C(F)(F)C(F)(F)C(F)(F)C(F)(F)C(F)(F)C(F)(F)C(F)(F)C(F)(F)F. The minimum atomic E-state index is -9.57. The minimum Gasteiger partial charge on any atom is -0.200 e. The molecule has 0 fully saturated rings. The molecule has 0 aliphatic rings. The number of halogens is 42. The lowest BCUT2D eigenvalue weighted by Crippen LogP contribution is -2.76. The fourth-order valence-electron chi connectivity index (χ4n) is 4.54. The summed E-state index contributed by atoms with van der Waals surface area (Å²) in [7, 11) is 0. The van der Waals surface area contributed by atoms with Crippen molar-refractivity contribution in [2.75, 3.05) is 0 Å². The third kappa shape index (κ3) is 8.40. The number of alkyl halides is 42. The Hall–Kier alpha value is -2.94. The van der Waals surface area contributed by atoms with Crippen molar-refractivity contribution < 1.29 is 184 Å². The van der Waals surface area contributed by atoms with Crippen LogP contribution in [-0.2, 0) is 0 Å². The summed E-state index contributed by atoms with van der Waals surface area (Å²) in [6.45, 7) is 0. The molecule has 0 atom stereocenters. The third-order valence-electron chi connectivity index (χ3n) is 8.88. The maximum absolute atomic E-state index is 14.0. The summed E-state index contributed by atoms with van der Waals surface area (Å²) in [5, 5.41) is 0. The van der Waals surface area contributed by atoms with Crippen LogP contribution in [-0.4, -0.2) is 119 Å². The number of hydrogen-bond donors (Lipinski definition) is 0. The Morgan fingerprint density at radius 1 is 0.132 bits per heavy atom. The second kappa shape index (κ2) is 16.8. The van der Waals surface area contributed by atoms with Gasteiger partial charge in [-0.3, -0.25) is 0 Å². The fourth-order valence-corrected chi connectivity index (χ4v) is 4.54. The van der Waals surface area contributed by atoms with Crippen molar-refractivity contribution in [1.29, 1.82) is 0 Å². The quantitative estimate of drug-likeness (QED) is 0.0707. The van der Waals surface area contributed by atoms with Gasteiger partial charge in [0.05, 0.1) is 0 Å². The Balaban J connectivity index is 6.53. The maximum atomic E-state index is 14.0. The van der Waals surface area contributed by atoms with Gasteiger partial charge < -0.3 is 0 Å². The monoisotopic (exact) mass is 1120 g/mol. The van der Waals surface area contributed by atoms with Gasteiger partial charge in [-0.2, -0.15) is 184 Å². The van der Waals surface area contributed by atoms with E-state index in [9.17, 15) is 184 Å². The predicted octanol–water partition coefficient (Wildman–Crippen LogP) is 15.9. The first-order chi connectivity index (χ1) is 28.7. The summed E-state index contributed by atoms with van der Waals surface area (Å²) in [5.74, 6) is -162. The van der Waals surface area contributed by atoms with Gasteiger partial charge in [0, 0.05) is 12.8 Å². The molecular formula is C26H12F42. The summed E-state index contributed by atoms with van der Waals surface area (Å²) in [6.07, 6.45) is -32.2. The van der Waals surface area contributed by atoms with Crippen LogP contribution in [0.5, 0.6) is 0 Å². The molecule has 68 heavy (non-hydrogen) atoms. The number of unbranched alkanes of at least 4 members (excludes halogenated alkanes) is 3. The number of rotatable bonds is 23. The zero-order valence-corrected chi connectivity index (χ0v) is 30.1. The van der Waals surface area contributed by atoms with Crippen molar-refractivity contribution in [3.63, 3.8) is 0 Å². The highest BCUT2D eigenvalue weighted by atomic mass is 19.5.